The molecule has 0 saturated heterocycles. The van der Waals surface area contributed by atoms with Gasteiger partial charge in [0.15, 0.2) is 0 Å². The van der Waals surface area contributed by atoms with Crippen LogP contribution in [0.1, 0.15) is 22.8 Å². The van der Waals surface area contributed by atoms with Crippen molar-refractivity contribution in [3.05, 3.63) is 52.0 Å². The first kappa shape index (κ1) is 14.4. The number of anilines is 3. The van der Waals surface area contributed by atoms with Crippen LogP contribution in [0.15, 0.2) is 40.9 Å². The van der Waals surface area contributed by atoms with Gasteiger partial charge in [0, 0.05) is 15.8 Å². The number of aryl methyl sites for hydroxylation is 1. The van der Waals surface area contributed by atoms with Gasteiger partial charge in [-0.15, -0.1) is 0 Å². The van der Waals surface area contributed by atoms with Crippen LogP contribution in [0.2, 0.25) is 0 Å². The summed E-state index contributed by atoms with van der Waals surface area (Å²) >= 11 is 3.43. The molecule has 0 bridgehead atoms. The number of carboxylic acids is 1. The number of hydrogen-bond acceptors (Lipinski definition) is 3. The summed E-state index contributed by atoms with van der Waals surface area (Å²) in [5.74, 6) is -0.984. The third kappa shape index (κ3) is 3.11. The molecule has 0 spiro atoms. The summed E-state index contributed by atoms with van der Waals surface area (Å²) in [7, 11) is 0. The molecule has 5 heteroatoms. The van der Waals surface area contributed by atoms with E-state index in [0.29, 0.717) is 11.4 Å². The lowest BCUT2D eigenvalue weighted by Crippen LogP contribution is -2.04. The number of carboxylic acid groups (broad SMARTS) is 1. The Balaban J connectivity index is 2.44. The summed E-state index contributed by atoms with van der Waals surface area (Å²) < 4.78 is 0.992. The quantitative estimate of drug-likeness (QED) is 0.737. The molecule has 0 saturated carbocycles. The average molecular weight is 335 g/mol. The minimum absolute atomic E-state index is 0.198. The molecule has 0 aliphatic rings. The molecule has 4 nitrogen and oxygen atoms in total. The largest absolute Gasteiger partial charge is 0.478 e. The van der Waals surface area contributed by atoms with Crippen LogP contribution in [-0.2, 0) is 6.42 Å². The van der Waals surface area contributed by atoms with Gasteiger partial charge in [0.1, 0.15) is 0 Å². The molecule has 0 unspecified atom stereocenters. The number of benzene rings is 2. The highest BCUT2D eigenvalue weighted by atomic mass is 79.9. The Morgan fingerprint density at radius 3 is 2.65 bits per heavy atom. The lowest BCUT2D eigenvalue weighted by molar-refractivity contribution is 0.0698. The van der Waals surface area contributed by atoms with E-state index in [0.717, 1.165) is 22.1 Å². The fraction of sp³-hybridized carbons (Fsp3) is 0.133. The minimum Gasteiger partial charge on any atom is -0.478 e. The van der Waals surface area contributed by atoms with Gasteiger partial charge < -0.3 is 16.2 Å². The molecule has 0 heterocycles. The maximum Gasteiger partial charge on any atom is 0.337 e. The molecule has 20 heavy (non-hydrogen) atoms. The van der Waals surface area contributed by atoms with E-state index < -0.39 is 5.97 Å². The summed E-state index contributed by atoms with van der Waals surface area (Å²) in [5.41, 5.74) is 8.92. The summed E-state index contributed by atoms with van der Waals surface area (Å²) in [6.07, 6.45) is 0.840. The first-order chi connectivity index (χ1) is 9.51. The molecule has 104 valence electrons. The lowest BCUT2D eigenvalue weighted by Gasteiger charge is -2.14. The first-order valence-corrected chi connectivity index (χ1v) is 6.99. The fourth-order valence-corrected chi connectivity index (χ4v) is 2.38. The van der Waals surface area contributed by atoms with Gasteiger partial charge in [0.25, 0.3) is 0 Å². The van der Waals surface area contributed by atoms with Crippen LogP contribution in [0.5, 0.6) is 0 Å². The van der Waals surface area contributed by atoms with Crippen LogP contribution < -0.4 is 11.1 Å². The second kappa shape index (κ2) is 5.96. The lowest BCUT2D eigenvalue weighted by atomic mass is 10.1. The van der Waals surface area contributed by atoms with Crippen molar-refractivity contribution in [3.8, 4) is 0 Å². The highest BCUT2D eigenvalue weighted by molar-refractivity contribution is 9.10. The summed E-state index contributed by atoms with van der Waals surface area (Å²) in [5, 5.41) is 12.4. The standard InChI is InChI=1S/C15H15BrN2O2/c1-2-9-7-10(16)3-6-13(9)18-14-8-11(17)4-5-12(14)15(19)20/h3-8,18H,2,17H2,1H3,(H,19,20). The van der Waals surface area contributed by atoms with Gasteiger partial charge in [-0.2, -0.15) is 0 Å². The van der Waals surface area contributed by atoms with Crippen molar-refractivity contribution >= 4 is 39.0 Å². The van der Waals surface area contributed by atoms with Crippen LogP contribution in [0.3, 0.4) is 0 Å². The van der Waals surface area contributed by atoms with Gasteiger partial charge in [-0.25, -0.2) is 4.79 Å². The average Bonchev–Trinajstić information content (AvgIpc) is 2.40. The zero-order valence-corrected chi connectivity index (χ0v) is 12.6. The summed E-state index contributed by atoms with van der Waals surface area (Å²) in [4.78, 5) is 11.2. The number of rotatable bonds is 4. The molecule has 2 rings (SSSR count). The van der Waals surface area contributed by atoms with Gasteiger partial charge in [-0.1, -0.05) is 22.9 Å². The molecule has 0 radical (unpaired) electrons. The smallest absolute Gasteiger partial charge is 0.337 e. The number of carbonyl (C=O) groups is 1. The van der Waals surface area contributed by atoms with E-state index in [1.165, 1.54) is 6.07 Å². The second-order valence-corrected chi connectivity index (χ2v) is 5.31. The van der Waals surface area contributed by atoms with Crippen molar-refractivity contribution in [3.63, 3.8) is 0 Å². The Kier molecular flexibility index (Phi) is 4.29. The van der Waals surface area contributed by atoms with Crippen LogP contribution in [0, 0.1) is 0 Å². The Bertz CT molecular complexity index is 656. The van der Waals surface area contributed by atoms with Gasteiger partial charge in [-0.3, -0.25) is 0 Å². The topological polar surface area (TPSA) is 75.3 Å². The molecule has 4 N–H and O–H groups in total. The molecular weight excluding hydrogens is 320 g/mol. The maximum absolute atomic E-state index is 11.2. The van der Waals surface area contributed by atoms with Gasteiger partial charge in [0.2, 0.25) is 0 Å². The SMILES string of the molecule is CCc1cc(Br)ccc1Nc1cc(N)ccc1C(=O)O. The molecule has 2 aromatic rings. The zero-order chi connectivity index (χ0) is 14.7. The molecule has 0 atom stereocenters. The third-order valence-electron chi connectivity index (χ3n) is 2.99. The van der Waals surface area contributed by atoms with Gasteiger partial charge in [0.05, 0.1) is 11.3 Å². The van der Waals surface area contributed by atoms with E-state index in [-0.39, 0.29) is 5.56 Å². The minimum atomic E-state index is -0.984. The number of nitrogens with two attached hydrogens (primary N) is 1. The predicted molar refractivity (Wildman–Crippen MR) is 84.6 cm³/mol. The third-order valence-corrected chi connectivity index (χ3v) is 3.48. The normalized spacial score (nSPS) is 10.3. The first-order valence-electron chi connectivity index (χ1n) is 6.19. The van der Waals surface area contributed by atoms with E-state index in [2.05, 4.69) is 21.2 Å². The molecule has 0 aromatic heterocycles. The van der Waals surface area contributed by atoms with Crippen LogP contribution in [0.25, 0.3) is 0 Å². The predicted octanol–water partition coefficient (Wildman–Crippen LogP) is 4.04. The Morgan fingerprint density at radius 1 is 1.25 bits per heavy atom. The van der Waals surface area contributed by atoms with E-state index in [1.807, 2.05) is 25.1 Å². The van der Waals surface area contributed by atoms with Crippen molar-refractivity contribution in [2.75, 3.05) is 11.1 Å². The number of halogens is 1. The molecular formula is C15H15BrN2O2. The van der Waals surface area contributed by atoms with E-state index in [4.69, 9.17) is 5.73 Å². The highest BCUT2D eigenvalue weighted by Gasteiger charge is 2.11. The Hall–Kier alpha value is -2.01. The van der Waals surface area contributed by atoms with Gasteiger partial charge in [-0.05, 0) is 48.4 Å². The Labute approximate surface area is 125 Å². The van der Waals surface area contributed by atoms with Crippen LogP contribution >= 0.6 is 15.9 Å². The van der Waals surface area contributed by atoms with E-state index in [1.54, 1.807) is 12.1 Å². The number of nitrogens with one attached hydrogen (secondary N) is 1. The fourth-order valence-electron chi connectivity index (χ4n) is 1.97. The Morgan fingerprint density at radius 2 is 2.00 bits per heavy atom. The van der Waals surface area contributed by atoms with E-state index >= 15 is 0 Å². The van der Waals surface area contributed by atoms with Crippen molar-refractivity contribution in [1.82, 2.24) is 0 Å². The summed E-state index contributed by atoms with van der Waals surface area (Å²) in [6.45, 7) is 2.05. The van der Waals surface area contributed by atoms with Crippen molar-refractivity contribution in [2.24, 2.45) is 0 Å². The monoisotopic (exact) mass is 334 g/mol. The number of nitrogen functional groups attached to an aromatic ring is 1. The van der Waals surface area contributed by atoms with E-state index in [9.17, 15) is 9.90 Å². The van der Waals surface area contributed by atoms with Crippen molar-refractivity contribution < 1.29 is 9.90 Å². The second-order valence-electron chi connectivity index (χ2n) is 4.39. The molecule has 2 aromatic carbocycles. The molecule has 0 aliphatic carbocycles. The van der Waals surface area contributed by atoms with Gasteiger partial charge >= 0.3 is 5.97 Å². The van der Waals surface area contributed by atoms with Crippen molar-refractivity contribution in [1.29, 1.82) is 0 Å². The number of aromatic carboxylic acids is 1. The zero-order valence-electron chi connectivity index (χ0n) is 11.0. The van der Waals surface area contributed by atoms with Crippen LogP contribution in [0.4, 0.5) is 17.1 Å². The molecule has 0 fully saturated rings. The maximum atomic E-state index is 11.2. The molecule has 0 aliphatic heterocycles. The highest BCUT2D eigenvalue weighted by Crippen LogP contribution is 2.28. The van der Waals surface area contributed by atoms with Crippen molar-refractivity contribution in [2.45, 2.75) is 13.3 Å². The summed E-state index contributed by atoms with van der Waals surface area (Å²) in [6, 6.07) is 10.5. The van der Waals surface area contributed by atoms with Crippen LogP contribution in [-0.4, -0.2) is 11.1 Å². The number of hydrogen-bond donors (Lipinski definition) is 3. The molecule has 0 amide bonds.